The minimum atomic E-state index is 0.654. The Hall–Kier alpha value is -1.49. The van der Waals surface area contributed by atoms with Gasteiger partial charge in [0.25, 0.3) is 0 Å². The zero-order valence-corrected chi connectivity index (χ0v) is 13.6. The number of nitriles is 1. The summed E-state index contributed by atoms with van der Waals surface area (Å²) in [6.07, 6.45) is 1.73. The van der Waals surface area contributed by atoms with Crippen molar-refractivity contribution >= 4 is 55.8 Å². The molecule has 0 spiro atoms. The summed E-state index contributed by atoms with van der Waals surface area (Å²) in [6.45, 7) is 2.02. The molecule has 1 aromatic carbocycles. The number of anilines is 1. The maximum absolute atomic E-state index is 9.05. The molecule has 0 saturated carbocycles. The summed E-state index contributed by atoms with van der Waals surface area (Å²) in [5.41, 5.74) is 2.53. The highest BCUT2D eigenvalue weighted by molar-refractivity contribution is 9.10. The number of rotatable bonds is 3. The summed E-state index contributed by atoms with van der Waals surface area (Å²) in [6, 6.07) is 8.02. The number of hydrogen-bond donors (Lipinski definition) is 2. The highest BCUT2D eigenvalue weighted by Gasteiger charge is 2.09. The number of para-hydroxylation sites is 1. The Labute approximate surface area is 132 Å². The van der Waals surface area contributed by atoms with Crippen molar-refractivity contribution in [2.75, 3.05) is 4.72 Å². The van der Waals surface area contributed by atoms with E-state index in [1.54, 1.807) is 17.5 Å². The van der Waals surface area contributed by atoms with Gasteiger partial charge in [-0.15, -0.1) is 11.3 Å². The van der Waals surface area contributed by atoms with E-state index in [-0.39, 0.29) is 0 Å². The van der Waals surface area contributed by atoms with E-state index < -0.39 is 0 Å². The van der Waals surface area contributed by atoms with Gasteiger partial charge in [-0.25, -0.2) is 4.98 Å². The lowest BCUT2D eigenvalue weighted by molar-refractivity contribution is 1.20. The SMILES string of the molecule is Cc1sc(SNc2cccc3c(C#N)c[nH]c23)nc1Br. The Balaban J connectivity index is 1.88. The molecule has 0 unspecified atom stereocenters. The summed E-state index contributed by atoms with van der Waals surface area (Å²) in [4.78, 5) is 8.69. The maximum Gasteiger partial charge on any atom is 0.171 e. The molecule has 0 aliphatic carbocycles. The van der Waals surface area contributed by atoms with Crippen molar-refractivity contribution in [3.05, 3.63) is 39.4 Å². The molecule has 3 rings (SSSR count). The van der Waals surface area contributed by atoms with Crippen LogP contribution in [0.5, 0.6) is 0 Å². The van der Waals surface area contributed by atoms with Gasteiger partial charge in [-0.2, -0.15) is 5.26 Å². The number of fused-ring (bicyclic) bond motifs is 1. The van der Waals surface area contributed by atoms with Crippen LogP contribution in [0.25, 0.3) is 10.9 Å². The highest BCUT2D eigenvalue weighted by atomic mass is 79.9. The number of H-pyrrole nitrogens is 1. The van der Waals surface area contributed by atoms with Crippen molar-refractivity contribution in [2.45, 2.75) is 11.3 Å². The van der Waals surface area contributed by atoms with Crippen LogP contribution in [0.4, 0.5) is 5.69 Å². The number of benzene rings is 1. The van der Waals surface area contributed by atoms with Gasteiger partial charge in [0.15, 0.2) is 4.34 Å². The van der Waals surface area contributed by atoms with Gasteiger partial charge in [-0.05, 0) is 28.9 Å². The molecule has 7 heteroatoms. The molecule has 2 aromatic heterocycles. The normalized spacial score (nSPS) is 10.7. The second-order valence-corrected chi connectivity index (χ2v) is 7.08. The Morgan fingerprint density at radius 1 is 1.50 bits per heavy atom. The number of aromatic amines is 1. The molecule has 3 aromatic rings. The zero-order chi connectivity index (χ0) is 14.1. The molecule has 2 heterocycles. The fraction of sp³-hybridized carbons (Fsp3) is 0.0769. The number of aryl methyl sites for hydroxylation is 1. The fourth-order valence-corrected chi connectivity index (χ4v) is 4.18. The molecule has 0 radical (unpaired) electrons. The predicted molar refractivity (Wildman–Crippen MR) is 87.0 cm³/mol. The molecule has 0 fully saturated rings. The first-order chi connectivity index (χ1) is 9.69. The van der Waals surface area contributed by atoms with Crippen molar-refractivity contribution in [3.8, 4) is 6.07 Å². The van der Waals surface area contributed by atoms with E-state index in [1.165, 1.54) is 11.9 Å². The Kier molecular flexibility index (Phi) is 3.70. The van der Waals surface area contributed by atoms with Gasteiger partial charge < -0.3 is 9.71 Å². The van der Waals surface area contributed by atoms with Crippen LogP contribution in [0.15, 0.2) is 33.3 Å². The number of thiazole rings is 1. The quantitative estimate of drug-likeness (QED) is 0.661. The molecular weight excluding hydrogens is 356 g/mol. The Morgan fingerprint density at radius 3 is 3.05 bits per heavy atom. The number of aromatic nitrogens is 2. The van der Waals surface area contributed by atoms with Crippen LogP contribution in [0.2, 0.25) is 0 Å². The maximum atomic E-state index is 9.05. The third-order valence-corrected chi connectivity index (χ3v) is 5.69. The smallest absolute Gasteiger partial charge is 0.171 e. The summed E-state index contributed by atoms with van der Waals surface area (Å²) in [7, 11) is 0. The molecule has 100 valence electrons. The number of halogens is 1. The lowest BCUT2D eigenvalue weighted by atomic mass is 10.2. The van der Waals surface area contributed by atoms with E-state index >= 15 is 0 Å². The third kappa shape index (κ3) is 2.42. The van der Waals surface area contributed by atoms with Crippen LogP contribution < -0.4 is 4.72 Å². The Bertz CT molecular complexity index is 796. The van der Waals surface area contributed by atoms with E-state index in [0.29, 0.717) is 5.56 Å². The van der Waals surface area contributed by atoms with Gasteiger partial charge >= 0.3 is 0 Å². The largest absolute Gasteiger partial charge is 0.358 e. The molecule has 0 aliphatic heterocycles. The van der Waals surface area contributed by atoms with Crippen LogP contribution in [0, 0.1) is 18.3 Å². The molecule has 0 saturated heterocycles. The van der Waals surface area contributed by atoms with E-state index in [2.05, 4.69) is 36.7 Å². The lowest BCUT2D eigenvalue weighted by Gasteiger charge is -2.04. The van der Waals surface area contributed by atoms with Crippen molar-refractivity contribution in [1.29, 1.82) is 5.26 Å². The summed E-state index contributed by atoms with van der Waals surface area (Å²) < 4.78 is 5.11. The van der Waals surface area contributed by atoms with E-state index in [4.69, 9.17) is 5.26 Å². The molecule has 0 aliphatic rings. The number of nitrogens with zero attached hydrogens (tertiary/aromatic N) is 2. The lowest BCUT2D eigenvalue weighted by Crippen LogP contribution is -1.87. The van der Waals surface area contributed by atoms with Crippen LogP contribution in [0.3, 0.4) is 0 Å². The summed E-state index contributed by atoms with van der Waals surface area (Å²) in [5, 5.41) is 9.97. The van der Waals surface area contributed by atoms with Crippen LogP contribution in [-0.2, 0) is 0 Å². The number of nitrogens with one attached hydrogen (secondary N) is 2. The first-order valence-corrected chi connectivity index (χ1v) is 8.17. The molecule has 0 atom stereocenters. The van der Waals surface area contributed by atoms with Crippen molar-refractivity contribution in [1.82, 2.24) is 9.97 Å². The molecule has 4 nitrogen and oxygen atoms in total. The second-order valence-electron chi connectivity index (χ2n) is 4.07. The standard InChI is InChI=1S/C13H9BrN4S2/c1-7-12(14)17-13(19-7)20-18-10-4-2-3-9-8(5-15)6-16-11(9)10/h2-4,6,16,18H,1H3. The molecule has 0 bridgehead atoms. The highest BCUT2D eigenvalue weighted by Crippen LogP contribution is 2.32. The third-order valence-electron chi connectivity index (χ3n) is 2.80. The minimum absolute atomic E-state index is 0.654. The Morgan fingerprint density at radius 2 is 2.35 bits per heavy atom. The average Bonchev–Trinajstić information content (AvgIpc) is 3.00. The van der Waals surface area contributed by atoms with Crippen molar-refractivity contribution in [3.63, 3.8) is 0 Å². The van der Waals surface area contributed by atoms with Gasteiger partial charge in [-0.3, -0.25) is 0 Å². The molecule has 20 heavy (non-hydrogen) atoms. The van der Waals surface area contributed by atoms with Crippen LogP contribution in [-0.4, -0.2) is 9.97 Å². The first kappa shape index (κ1) is 13.5. The molecular formula is C13H9BrN4S2. The van der Waals surface area contributed by atoms with Crippen LogP contribution in [0.1, 0.15) is 10.4 Å². The fourth-order valence-electron chi connectivity index (χ4n) is 1.83. The monoisotopic (exact) mass is 364 g/mol. The summed E-state index contributed by atoms with van der Waals surface area (Å²) >= 11 is 6.50. The van der Waals surface area contributed by atoms with Gasteiger partial charge in [0.05, 0.1) is 16.8 Å². The van der Waals surface area contributed by atoms with Crippen molar-refractivity contribution < 1.29 is 0 Å². The number of hydrogen-bond acceptors (Lipinski definition) is 5. The van der Waals surface area contributed by atoms with E-state index in [1.807, 2.05) is 25.1 Å². The van der Waals surface area contributed by atoms with Crippen LogP contribution >= 0.6 is 39.2 Å². The van der Waals surface area contributed by atoms with Crippen molar-refractivity contribution in [2.24, 2.45) is 0 Å². The molecule has 0 amide bonds. The van der Waals surface area contributed by atoms with E-state index in [0.717, 1.165) is 30.4 Å². The first-order valence-electron chi connectivity index (χ1n) is 5.75. The van der Waals surface area contributed by atoms with Gasteiger partial charge in [-0.1, -0.05) is 12.1 Å². The van der Waals surface area contributed by atoms with Gasteiger partial charge in [0, 0.05) is 28.4 Å². The van der Waals surface area contributed by atoms with Gasteiger partial charge in [0.2, 0.25) is 0 Å². The van der Waals surface area contributed by atoms with E-state index in [9.17, 15) is 0 Å². The minimum Gasteiger partial charge on any atom is -0.358 e. The predicted octanol–water partition coefficient (Wildman–Crippen LogP) is 4.69. The molecule has 2 N–H and O–H groups in total. The van der Waals surface area contributed by atoms with Gasteiger partial charge in [0.1, 0.15) is 10.7 Å². The average molecular weight is 365 g/mol. The second kappa shape index (κ2) is 5.48. The zero-order valence-electron chi connectivity index (χ0n) is 10.4. The summed E-state index contributed by atoms with van der Waals surface area (Å²) in [5.74, 6) is 0. The topological polar surface area (TPSA) is 64.5 Å².